The van der Waals surface area contributed by atoms with Crippen molar-refractivity contribution in [3.05, 3.63) is 74.2 Å². The number of non-ortho nitro benzene ring substituents is 1. The molecule has 0 aliphatic rings. The summed E-state index contributed by atoms with van der Waals surface area (Å²) in [5.74, 6) is 0.654. The number of hydrogen-bond acceptors (Lipinski definition) is 5. The van der Waals surface area contributed by atoms with E-state index in [0.29, 0.717) is 5.75 Å². The van der Waals surface area contributed by atoms with Gasteiger partial charge in [-0.25, -0.2) is 5.43 Å². The van der Waals surface area contributed by atoms with Gasteiger partial charge in [-0.1, -0.05) is 40.2 Å². The van der Waals surface area contributed by atoms with Crippen LogP contribution in [0.4, 0.5) is 5.69 Å². The Morgan fingerprint density at radius 1 is 1.29 bits per heavy atom. The number of nitrogens with zero attached hydrogens (tertiary/aromatic N) is 2. The highest BCUT2D eigenvalue weighted by molar-refractivity contribution is 9.10. The quantitative estimate of drug-likeness (QED) is 0.430. The van der Waals surface area contributed by atoms with Crippen LogP contribution < -0.4 is 5.43 Å². The molecule has 6 nitrogen and oxygen atoms in total. The molecule has 2 rings (SSSR count). The Labute approximate surface area is 151 Å². The highest BCUT2D eigenvalue weighted by atomic mass is 79.9. The molecule has 2 aromatic carbocycles. The molecule has 0 bridgehead atoms. The van der Waals surface area contributed by atoms with Crippen LogP contribution >= 0.6 is 27.7 Å². The van der Waals surface area contributed by atoms with Gasteiger partial charge in [0.25, 0.3) is 5.69 Å². The van der Waals surface area contributed by atoms with Crippen molar-refractivity contribution in [2.24, 2.45) is 5.10 Å². The number of hydrogen-bond donors (Lipinski definition) is 1. The van der Waals surface area contributed by atoms with Crippen molar-refractivity contribution in [3.63, 3.8) is 0 Å². The molecule has 24 heavy (non-hydrogen) atoms. The summed E-state index contributed by atoms with van der Waals surface area (Å²) in [4.78, 5) is 21.8. The van der Waals surface area contributed by atoms with Gasteiger partial charge in [0, 0.05) is 22.4 Å². The molecule has 0 atom stereocenters. The molecular formula is C16H14BrN3O3S. The average Bonchev–Trinajstić information content (AvgIpc) is 2.55. The van der Waals surface area contributed by atoms with Crippen LogP contribution in [0.5, 0.6) is 0 Å². The van der Waals surface area contributed by atoms with Crippen molar-refractivity contribution < 1.29 is 9.72 Å². The number of carbonyl (C=O) groups excluding carboxylic acids is 1. The van der Waals surface area contributed by atoms with E-state index in [9.17, 15) is 14.9 Å². The highest BCUT2D eigenvalue weighted by Crippen LogP contribution is 2.16. The monoisotopic (exact) mass is 407 g/mol. The molecule has 0 saturated carbocycles. The van der Waals surface area contributed by atoms with Gasteiger partial charge in [0.15, 0.2) is 0 Å². The van der Waals surface area contributed by atoms with E-state index in [4.69, 9.17) is 0 Å². The maximum absolute atomic E-state index is 11.7. The van der Waals surface area contributed by atoms with Crippen molar-refractivity contribution in [2.45, 2.75) is 5.75 Å². The fourth-order valence-corrected chi connectivity index (χ4v) is 2.97. The number of nitrogens with one attached hydrogen (secondary N) is 1. The van der Waals surface area contributed by atoms with Gasteiger partial charge in [0.05, 0.1) is 16.9 Å². The summed E-state index contributed by atoms with van der Waals surface area (Å²) in [7, 11) is 0. The van der Waals surface area contributed by atoms with Crippen molar-refractivity contribution in [2.75, 3.05) is 5.75 Å². The molecular weight excluding hydrogens is 394 g/mol. The maximum atomic E-state index is 11.7. The van der Waals surface area contributed by atoms with Crippen LogP contribution in [0.1, 0.15) is 11.1 Å². The molecule has 0 spiro atoms. The average molecular weight is 408 g/mol. The summed E-state index contributed by atoms with van der Waals surface area (Å²) in [5.41, 5.74) is 4.33. The van der Waals surface area contributed by atoms with E-state index in [0.717, 1.165) is 15.6 Å². The molecule has 0 aliphatic carbocycles. The minimum Gasteiger partial charge on any atom is -0.272 e. The van der Waals surface area contributed by atoms with Crippen LogP contribution in [0.25, 0.3) is 0 Å². The zero-order valence-electron chi connectivity index (χ0n) is 12.5. The molecule has 124 valence electrons. The van der Waals surface area contributed by atoms with E-state index >= 15 is 0 Å². The molecule has 8 heteroatoms. The zero-order chi connectivity index (χ0) is 17.4. The topological polar surface area (TPSA) is 84.6 Å². The van der Waals surface area contributed by atoms with Gasteiger partial charge in [-0.05, 0) is 23.3 Å². The number of rotatable bonds is 7. The summed E-state index contributed by atoms with van der Waals surface area (Å²) in [6.07, 6.45) is 1.57. The second-order valence-corrected chi connectivity index (χ2v) is 6.67. The van der Waals surface area contributed by atoms with Crippen molar-refractivity contribution in [1.29, 1.82) is 0 Å². The van der Waals surface area contributed by atoms with Gasteiger partial charge in [-0.15, -0.1) is 11.8 Å². The Morgan fingerprint density at radius 3 is 2.71 bits per heavy atom. The first-order chi connectivity index (χ1) is 11.5. The molecule has 0 aliphatic heterocycles. The molecule has 0 saturated heterocycles. The largest absolute Gasteiger partial charge is 0.272 e. The van der Waals surface area contributed by atoms with Crippen LogP contribution in [0.3, 0.4) is 0 Å². The van der Waals surface area contributed by atoms with Gasteiger partial charge < -0.3 is 0 Å². The van der Waals surface area contributed by atoms with E-state index in [1.165, 1.54) is 23.9 Å². The van der Waals surface area contributed by atoms with Crippen molar-refractivity contribution >= 4 is 45.5 Å². The lowest BCUT2D eigenvalue weighted by molar-refractivity contribution is -0.384. The Balaban J connectivity index is 1.72. The number of hydrazone groups is 1. The molecule has 0 aromatic heterocycles. The lowest BCUT2D eigenvalue weighted by atomic mass is 10.2. The van der Waals surface area contributed by atoms with Gasteiger partial charge in [0.1, 0.15) is 0 Å². The number of nitro benzene ring substituents is 1. The Morgan fingerprint density at radius 2 is 2.04 bits per heavy atom. The van der Waals surface area contributed by atoms with E-state index in [2.05, 4.69) is 26.5 Å². The summed E-state index contributed by atoms with van der Waals surface area (Å²) in [6, 6.07) is 13.8. The first kappa shape index (κ1) is 18.2. The summed E-state index contributed by atoms with van der Waals surface area (Å²) in [5, 5.41) is 14.5. The van der Waals surface area contributed by atoms with Crippen LogP contribution in [0.2, 0.25) is 0 Å². The fourth-order valence-electron chi connectivity index (χ4n) is 1.77. The third-order valence-corrected chi connectivity index (χ3v) is 4.40. The van der Waals surface area contributed by atoms with E-state index in [-0.39, 0.29) is 17.3 Å². The first-order valence-electron chi connectivity index (χ1n) is 6.93. The summed E-state index contributed by atoms with van der Waals surface area (Å²) >= 11 is 4.78. The van der Waals surface area contributed by atoms with Crippen molar-refractivity contribution in [3.8, 4) is 0 Å². The highest BCUT2D eigenvalue weighted by Gasteiger charge is 2.05. The van der Waals surface area contributed by atoms with E-state index in [1.807, 2.05) is 24.3 Å². The lowest BCUT2D eigenvalue weighted by Crippen LogP contribution is -2.19. The van der Waals surface area contributed by atoms with Gasteiger partial charge in [-0.3, -0.25) is 14.9 Å². The molecule has 0 heterocycles. The normalized spacial score (nSPS) is 10.7. The minimum absolute atomic E-state index is 0.0587. The Kier molecular flexibility index (Phi) is 6.95. The third kappa shape index (κ3) is 6.13. The predicted octanol–water partition coefficient (Wildman–Crippen LogP) is 3.74. The van der Waals surface area contributed by atoms with Crippen molar-refractivity contribution in [1.82, 2.24) is 5.43 Å². The standard InChI is InChI=1S/C16H14BrN3O3S/c17-14-3-1-2-13(8-14)9-18-19-16(21)11-24-10-12-4-6-15(7-5-12)20(22)23/h1-9H,10-11H2,(H,19,21)/b18-9-. The number of halogens is 1. The van der Waals surface area contributed by atoms with Gasteiger partial charge in [0.2, 0.25) is 5.91 Å². The number of carbonyl (C=O) groups is 1. The third-order valence-electron chi connectivity index (χ3n) is 2.90. The maximum Gasteiger partial charge on any atom is 0.269 e. The smallest absolute Gasteiger partial charge is 0.269 e. The number of thioether (sulfide) groups is 1. The Bertz CT molecular complexity index is 750. The molecule has 2 aromatic rings. The zero-order valence-corrected chi connectivity index (χ0v) is 14.9. The number of benzene rings is 2. The Hall–Kier alpha value is -2.19. The summed E-state index contributed by atoms with van der Waals surface area (Å²) in [6.45, 7) is 0. The van der Waals surface area contributed by atoms with Crippen LogP contribution in [0.15, 0.2) is 58.1 Å². The second-order valence-electron chi connectivity index (χ2n) is 4.76. The van der Waals surface area contributed by atoms with E-state index < -0.39 is 4.92 Å². The van der Waals surface area contributed by atoms with Gasteiger partial charge in [-0.2, -0.15) is 5.10 Å². The van der Waals surface area contributed by atoms with Crippen LogP contribution in [0, 0.1) is 10.1 Å². The van der Waals surface area contributed by atoms with E-state index in [1.54, 1.807) is 18.3 Å². The molecule has 0 radical (unpaired) electrons. The SMILES string of the molecule is O=C(CSCc1ccc([N+](=O)[O-])cc1)N/N=C\c1cccc(Br)c1. The second kappa shape index (κ2) is 9.19. The molecule has 0 unspecified atom stereocenters. The minimum atomic E-state index is -0.437. The molecule has 1 N–H and O–H groups in total. The molecule has 1 amide bonds. The van der Waals surface area contributed by atoms with Crippen LogP contribution in [-0.4, -0.2) is 22.8 Å². The predicted molar refractivity (Wildman–Crippen MR) is 99.1 cm³/mol. The van der Waals surface area contributed by atoms with Gasteiger partial charge >= 0.3 is 0 Å². The number of amides is 1. The molecule has 0 fully saturated rings. The lowest BCUT2D eigenvalue weighted by Gasteiger charge is -2.01. The fraction of sp³-hybridized carbons (Fsp3) is 0.125. The van der Waals surface area contributed by atoms with Crippen LogP contribution in [-0.2, 0) is 10.5 Å². The number of nitro groups is 1. The first-order valence-corrected chi connectivity index (χ1v) is 8.88. The summed E-state index contributed by atoms with van der Waals surface area (Å²) < 4.78 is 0.941.